The molecule has 3 aromatic rings. The summed E-state index contributed by atoms with van der Waals surface area (Å²) in [6.45, 7) is 3.50. The number of hydrogen-bond donors (Lipinski definition) is 2. The van der Waals surface area contributed by atoms with Gasteiger partial charge < -0.3 is 30.0 Å². The smallest absolute Gasteiger partial charge is 0.404 e. The first kappa shape index (κ1) is 25.1. The molecule has 2 aromatic heterocycles. The number of benzene rings is 1. The predicted molar refractivity (Wildman–Crippen MR) is 122 cm³/mol. The molecule has 2 heterocycles. The Morgan fingerprint density at radius 3 is 2.71 bits per heavy atom. The van der Waals surface area contributed by atoms with Gasteiger partial charge in [0, 0.05) is 18.1 Å². The zero-order valence-corrected chi connectivity index (χ0v) is 20.3. The van der Waals surface area contributed by atoms with E-state index in [1.54, 1.807) is 25.1 Å². The molecule has 0 saturated heterocycles. The van der Waals surface area contributed by atoms with Crippen LogP contribution in [-0.2, 0) is 11.3 Å². The first-order valence-corrected chi connectivity index (χ1v) is 11.0. The molecule has 180 valence electrons. The predicted octanol–water partition coefficient (Wildman–Crippen LogP) is 2.18. The van der Waals surface area contributed by atoms with Gasteiger partial charge in [0.25, 0.3) is 5.91 Å². The number of rotatable bonds is 10. The first-order valence-electron chi connectivity index (χ1n) is 9.79. The summed E-state index contributed by atoms with van der Waals surface area (Å²) in [5.41, 5.74) is 1.33. The highest BCUT2D eigenvalue weighted by atomic mass is 79.9. The largest absolute Gasteiger partial charge is 0.484 e. The molecule has 2 N–H and O–H groups in total. The molecule has 0 atom stereocenters. The molecule has 3 rings (SSSR count). The van der Waals surface area contributed by atoms with Crippen molar-refractivity contribution < 1.29 is 23.8 Å². The second-order valence-electron chi connectivity index (χ2n) is 6.96. The van der Waals surface area contributed by atoms with Crippen LogP contribution in [0.1, 0.15) is 27.8 Å². The van der Waals surface area contributed by atoms with Crippen LogP contribution in [0.25, 0.3) is 0 Å². The van der Waals surface area contributed by atoms with Crippen LogP contribution in [0.3, 0.4) is 0 Å². The summed E-state index contributed by atoms with van der Waals surface area (Å²) in [6.07, 6.45) is 0. The minimum absolute atomic E-state index is 0.0295. The maximum absolute atomic E-state index is 12.2. The number of aromatic nitrogens is 4. The molecule has 0 bridgehead atoms. The number of halogens is 2. The summed E-state index contributed by atoms with van der Waals surface area (Å²) in [7, 11) is 0. The third-order valence-electron chi connectivity index (χ3n) is 4.48. The fourth-order valence-electron chi connectivity index (χ4n) is 2.68. The van der Waals surface area contributed by atoms with Crippen molar-refractivity contribution in [2.75, 3.05) is 19.7 Å². The zero-order chi connectivity index (χ0) is 24.8. The van der Waals surface area contributed by atoms with E-state index in [1.165, 1.54) is 4.68 Å². The van der Waals surface area contributed by atoms with Gasteiger partial charge in [0.1, 0.15) is 16.8 Å². The molecule has 13 nitrogen and oxygen atoms in total. The number of ether oxygens (including phenoxy) is 1. The number of amides is 2. The fourth-order valence-corrected chi connectivity index (χ4v) is 3.23. The van der Waals surface area contributed by atoms with Crippen molar-refractivity contribution in [3.63, 3.8) is 0 Å². The number of nitro groups is 1. The Hall–Kier alpha value is -3.52. The summed E-state index contributed by atoms with van der Waals surface area (Å²) in [5.74, 6) is -0.997. The molecule has 0 fully saturated rings. The van der Waals surface area contributed by atoms with E-state index in [4.69, 9.17) is 20.9 Å². The molecule has 2 amide bonds. The van der Waals surface area contributed by atoms with Crippen LogP contribution >= 0.6 is 27.5 Å². The maximum atomic E-state index is 12.2. The second-order valence-corrected chi connectivity index (χ2v) is 8.16. The molecule has 0 radical (unpaired) electrons. The molecule has 0 spiro atoms. The van der Waals surface area contributed by atoms with Crippen molar-refractivity contribution in [3.05, 3.63) is 60.8 Å². The van der Waals surface area contributed by atoms with Crippen LogP contribution < -0.4 is 15.4 Å². The SMILES string of the molecule is Cc1cc(OCC(=O)NCCNC(=O)c2nc(Cn3nc([N+](=O)[O-])c(Br)c3C)no2)ccc1Cl. The maximum Gasteiger partial charge on any atom is 0.404 e. The molecular formula is C19H19BrClN7O6. The highest BCUT2D eigenvalue weighted by Gasteiger charge is 2.25. The van der Waals surface area contributed by atoms with Crippen LogP contribution in [0.4, 0.5) is 5.82 Å². The van der Waals surface area contributed by atoms with Crippen LogP contribution in [0.2, 0.25) is 5.02 Å². The van der Waals surface area contributed by atoms with Crippen LogP contribution in [0, 0.1) is 24.0 Å². The van der Waals surface area contributed by atoms with Crippen molar-refractivity contribution in [2.24, 2.45) is 0 Å². The van der Waals surface area contributed by atoms with Gasteiger partial charge in [-0.1, -0.05) is 16.8 Å². The van der Waals surface area contributed by atoms with Crippen LogP contribution in [-0.4, -0.2) is 56.4 Å². The van der Waals surface area contributed by atoms with Crippen molar-refractivity contribution in [2.45, 2.75) is 20.4 Å². The molecule has 0 saturated carbocycles. The number of carbonyl (C=O) groups excluding carboxylic acids is 2. The van der Waals surface area contributed by atoms with Crippen molar-refractivity contribution in [1.82, 2.24) is 30.6 Å². The average Bonchev–Trinajstić information content (AvgIpc) is 3.38. The highest BCUT2D eigenvalue weighted by Crippen LogP contribution is 2.27. The highest BCUT2D eigenvalue weighted by molar-refractivity contribution is 9.10. The van der Waals surface area contributed by atoms with E-state index in [0.29, 0.717) is 16.5 Å². The quantitative estimate of drug-likeness (QED) is 0.216. The number of nitrogens with one attached hydrogen (secondary N) is 2. The third-order valence-corrected chi connectivity index (χ3v) is 5.83. The van der Waals surface area contributed by atoms with Gasteiger partial charge in [-0.3, -0.25) is 9.59 Å². The van der Waals surface area contributed by atoms with Gasteiger partial charge in [-0.05, 0) is 58.5 Å². The van der Waals surface area contributed by atoms with Crippen LogP contribution in [0.5, 0.6) is 5.75 Å². The Morgan fingerprint density at radius 2 is 2.03 bits per heavy atom. The van der Waals surface area contributed by atoms with Crippen molar-refractivity contribution >= 4 is 45.2 Å². The zero-order valence-electron chi connectivity index (χ0n) is 18.0. The van der Waals surface area contributed by atoms with E-state index in [0.717, 1.165) is 5.56 Å². The summed E-state index contributed by atoms with van der Waals surface area (Å²) < 4.78 is 11.9. The molecule has 0 aliphatic heterocycles. The molecule has 0 aliphatic rings. The number of nitrogens with zero attached hydrogens (tertiary/aromatic N) is 5. The fraction of sp³-hybridized carbons (Fsp3) is 0.316. The van der Waals surface area contributed by atoms with E-state index in [2.05, 4.69) is 41.8 Å². The van der Waals surface area contributed by atoms with E-state index in [9.17, 15) is 19.7 Å². The lowest BCUT2D eigenvalue weighted by Gasteiger charge is -2.08. The summed E-state index contributed by atoms with van der Waals surface area (Å²) >= 11 is 9.07. The van der Waals surface area contributed by atoms with Gasteiger partial charge in [0.2, 0.25) is 0 Å². The third kappa shape index (κ3) is 6.29. The number of carbonyl (C=O) groups is 2. The van der Waals surface area contributed by atoms with Gasteiger partial charge in [0.05, 0.1) is 10.8 Å². The van der Waals surface area contributed by atoms with Crippen molar-refractivity contribution in [3.8, 4) is 5.75 Å². The molecule has 1 aromatic carbocycles. The molecule has 0 aliphatic carbocycles. The van der Waals surface area contributed by atoms with E-state index in [-0.39, 0.29) is 54.2 Å². The topological polar surface area (TPSA) is 167 Å². The monoisotopic (exact) mass is 555 g/mol. The summed E-state index contributed by atoms with van der Waals surface area (Å²) in [6, 6.07) is 5.07. The summed E-state index contributed by atoms with van der Waals surface area (Å²) in [4.78, 5) is 38.4. The lowest BCUT2D eigenvalue weighted by molar-refractivity contribution is -0.390. The van der Waals surface area contributed by atoms with Gasteiger partial charge in [-0.25, -0.2) is 0 Å². The Kier molecular flexibility index (Phi) is 8.17. The molecule has 0 unspecified atom stereocenters. The minimum atomic E-state index is -0.634. The lowest BCUT2D eigenvalue weighted by Crippen LogP contribution is -2.36. The van der Waals surface area contributed by atoms with E-state index in [1.807, 2.05) is 6.92 Å². The number of hydrogen-bond acceptors (Lipinski definition) is 9. The average molecular weight is 557 g/mol. The van der Waals surface area contributed by atoms with Gasteiger partial charge in [-0.15, -0.1) is 0 Å². The molecular weight excluding hydrogens is 538 g/mol. The molecule has 15 heteroatoms. The Balaban J connectivity index is 1.42. The van der Waals surface area contributed by atoms with Gasteiger partial charge >= 0.3 is 17.6 Å². The molecule has 34 heavy (non-hydrogen) atoms. The van der Waals surface area contributed by atoms with Crippen molar-refractivity contribution in [1.29, 1.82) is 0 Å². The first-order chi connectivity index (χ1) is 16.2. The lowest BCUT2D eigenvalue weighted by atomic mass is 10.2. The van der Waals surface area contributed by atoms with E-state index >= 15 is 0 Å². The Bertz CT molecular complexity index is 1230. The Morgan fingerprint density at radius 1 is 1.29 bits per heavy atom. The Labute approximate surface area is 206 Å². The van der Waals surface area contributed by atoms with Gasteiger partial charge in [0.15, 0.2) is 12.4 Å². The minimum Gasteiger partial charge on any atom is -0.484 e. The summed E-state index contributed by atoms with van der Waals surface area (Å²) in [5, 5.41) is 24.3. The standard InChI is InChI=1S/C19H19BrClN7O6/c1-10-7-12(3-4-13(10)21)33-9-15(29)22-5-6-23-18(30)19-24-14(26-34-19)8-27-11(2)16(20)17(25-27)28(31)32/h3-4,7H,5-6,8-9H2,1-2H3,(H,22,29)(H,23,30). The van der Waals surface area contributed by atoms with E-state index < -0.39 is 10.8 Å². The van der Waals surface area contributed by atoms with Gasteiger partial charge in [-0.2, -0.15) is 9.67 Å². The second kappa shape index (κ2) is 11.1. The van der Waals surface area contributed by atoms with Crippen LogP contribution in [0.15, 0.2) is 27.2 Å². The normalized spacial score (nSPS) is 10.7. The number of aryl methyl sites for hydroxylation is 1.